The van der Waals surface area contributed by atoms with Crippen LogP contribution in [0.5, 0.6) is 11.5 Å². The number of nitrogens with one attached hydrogen (secondary N) is 1. The molecule has 0 saturated heterocycles. The second-order valence-electron chi connectivity index (χ2n) is 6.27. The second-order valence-corrected chi connectivity index (χ2v) is 6.27. The van der Waals surface area contributed by atoms with Gasteiger partial charge in [-0.05, 0) is 50.6 Å². The van der Waals surface area contributed by atoms with Gasteiger partial charge in [0.1, 0.15) is 0 Å². The summed E-state index contributed by atoms with van der Waals surface area (Å²) in [5.74, 6) is 0.691. The Morgan fingerprint density at radius 2 is 1.96 bits per heavy atom. The third kappa shape index (κ3) is 3.89. The molecule has 5 nitrogen and oxygen atoms in total. The second kappa shape index (κ2) is 8.06. The number of hydrogen-bond donors (Lipinski definition) is 2. The van der Waals surface area contributed by atoms with Crippen molar-refractivity contribution in [2.24, 2.45) is 0 Å². The zero-order valence-corrected chi connectivity index (χ0v) is 15.4. The predicted octanol–water partition coefficient (Wildman–Crippen LogP) is 4.14. The lowest BCUT2D eigenvalue weighted by molar-refractivity contribution is 0.317. The zero-order chi connectivity index (χ0) is 18.5. The first-order valence-electron chi connectivity index (χ1n) is 8.88. The molecule has 3 aromatic rings. The number of phenols is 1. The van der Waals surface area contributed by atoms with Crippen molar-refractivity contribution in [3.05, 3.63) is 71.5 Å². The van der Waals surface area contributed by atoms with Gasteiger partial charge >= 0.3 is 0 Å². The van der Waals surface area contributed by atoms with E-state index in [1.807, 2.05) is 60.3 Å². The van der Waals surface area contributed by atoms with Crippen LogP contribution in [-0.4, -0.2) is 21.5 Å². The van der Waals surface area contributed by atoms with E-state index in [4.69, 9.17) is 4.74 Å². The van der Waals surface area contributed by atoms with E-state index >= 15 is 0 Å². The van der Waals surface area contributed by atoms with Gasteiger partial charge in [-0.25, -0.2) is 4.68 Å². The van der Waals surface area contributed by atoms with Crippen molar-refractivity contribution in [3.8, 4) is 17.2 Å². The average molecular weight is 351 g/mol. The molecule has 2 aromatic carbocycles. The van der Waals surface area contributed by atoms with Crippen LogP contribution in [0.25, 0.3) is 5.69 Å². The maximum Gasteiger partial charge on any atom is 0.161 e. The van der Waals surface area contributed by atoms with Crippen LogP contribution >= 0.6 is 0 Å². The van der Waals surface area contributed by atoms with Gasteiger partial charge in [-0.1, -0.05) is 24.3 Å². The van der Waals surface area contributed by atoms with Crippen LogP contribution in [0, 0.1) is 6.92 Å². The van der Waals surface area contributed by atoms with Gasteiger partial charge in [0, 0.05) is 23.8 Å². The third-order valence-electron chi connectivity index (χ3n) is 4.45. The first kappa shape index (κ1) is 18.0. The quantitative estimate of drug-likeness (QED) is 0.672. The molecule has 0 aliphatic carbocycles. The minimum absolute atomic E-state index is 0.150. The summed E-state index contributed by atoms with van der Waals surface area (Å²) in [6.07, 6.45) is 1.92. The normalized spacial score (nSPS) is 12.1. The van der Waals surface area contributed by atoms with Crippen LogP contribution in [0.2, 0.25) is 0 Å². The molecule has 1 unspecified atom stereocenters. The van der Waals surface area contributed by atoms with E-state index in [9.17, 15) is 5.11 Å². The molecule has 3 rings (SSSR count). The molecule has 5 heteroatoms. The molecule has 0 aliphatic heterocycles. The Morgan fingerprint density at radius 1 is 1.19 bits per heavy atom. The van der Waals surface area contributed by atoms with E-state index in [-0.39, 0.29) is 11.8 Å². The van der Waals surface area contributed by atoms with E-state index in [1.54, 1.807) is 6.07 Å². The molecule has 0 spiro atoms. The number of ether oxygens (including phenoxy) is 1. The zero-order valence-electron chi connectivity index (χ0n) is 15.4. The molecule has 0 amide bonds. The van der Waals surface area contributed by atoms with Crippen LogP contribution in [0.4, 0.5) is 0 Å². The Balaban J connectivity index is 1.70. The van der Waals surface area contributed by atoms with Crippen LogP contribution in [-0.2, 0) is 6.54 Å². The summed E-state index contributed by atoms with van der Waals surface area (Å²) in [6, 6.07) is 15.7. The van der Waals surface area contributed by atoms with Gasteiger partial charge in [-0.3, -0.25) is 0 Å². The van der Waals surface area contributed by atoms with Crippen molar-refractivity contribution >= 4 is 0 Å². The van der Waals surface area contributed by atoms with E-state index in [2.05, 4.69) is 24.3 Å². The first-order valence-corrected chi connectivity index (χ1v) is 8.88. The van der Waals surface area contributed by atoms with Crippen LogP contribution in [0.15, 0.2) is 54.7 Å². The molecule has 136 valence electrons. The van der Waals surface area contributed by atoms with Crippen LogP contribution in [0.1, 0.15) is 36.7 Å². The lowest BCUT2D eigenvalue weighted by Crippen LogP contribution is -2.18. The third-order valence-corrected chi connectivity index (χ3v) is 4.45. The Kier molecular flexibility index (Phi) is 5.58. The standard InChI is InChI=1S/C21H25N3O2/c1-4-26-21-12-17(10-11-20(21)25)13-22-15(2)19-14-23-24(16(19)3)18-8-6-5-7-9-18/h5-12,14-15,22,25H,4,13H2,1-3H3. The molecular weight excluding hydrogens is 326 g/mol. The highest BCUT2D eigenvalue weighted by Crippen LogP contribution is 2.27. The van der Waals surface area contributed by atoms with Crippen molar-refractivity contribution < 1.29 is 9.84 Å². The minimum Gasteiger partial charge on any atom is -0.504 e. The van der Waals surface area contributed by atoms with Crippen molar-refractivity contribution in [2.45, 2.75) is 33.4 Å². The monoisotopic (exact) mass is 351 g/mol. The predicted molar refractivity (Wildman–Crippen MR) is 103 cm³/mol. The van der Waals surface area contributed by atoms with Gasteiger partial charge in [0.05, 0.1) is 18.5 Å². The van der Waals surface area contributed by atoms with Gasteiger partial charge in [-0.15, -0.1) is 0 Å². The number of hydrogen-bond acceptors (Lipinski definition) is 4. The van der Waals surface area contributed by atoms with Gasteiger partial charge < -0.3 is 15.2 Å². The Labute approximate surface area is 154 Å². The van der Waals surface area contributed by atoms with Crippen LogP contribution in [0.3, 0.4) is 0 Å². The molecule has 0 fully saturated rings. The summed E-state index contributed by atoms with van der Waals surface area (Å²) in [6.45, 7) is 7.32. The topological polar surface area (TPSA) is 59.3 Å². The lowest BCUT2D eigenvalue weighted by Gasteiger charge is -2.15. The highest BCUT2D eigenvalue weighted by atomic mass is 16.5. The van der Waals surface area contributed by atoms with E-state index in [1.165, 1.54) is 0 Å². The van der Waals surface area contributed by atoms with E-state index < -0.39 is 0 Å². The maximum atomic E-state index is 9.81. The number of benzene rings is 2. The van der Waals surface area contributed by atoms with Crippen molar-refractivity contribution in [1.29, 1.82) is 0 Å². The van der Waals surface area contributed by atoms with Gasteiger partial charge in [0.2, 0.25) is 0 Å². The molecule has 26 heavy (non-hydrogen) atoms. The smallest absolute Gasteiger partial charge is 0.161 e. The highest BCUT2D eigenvalue weighted by Gasteiger charge is 2.14. The number of para-hydroxylation sites is 1. The maximum absolute atomic E-state index is 9.81. The molecule has 0 radical (unpaired) electrons. The molecule has 1 aromatic heterocycles. The fourth-order valence-corrected chi connectivity index (χ4v) is 3.00. The van der Waals surface area contributed by atoms with E-state index in [0.29, 0.717) is 18.9 Å². The number of aromatic nitrogens is 2. The summed E-state index contributed by atoms with van der Waals surface area (Å²) in [5, 5.41) is 17.9. The largest absolute Gasteiger partial charge is 0.504 e. The summed E-state index contributed by atoms with van der Waals surface area (Å²) in [7, 11) is 0. The number of nitrogens with zero attached hydrogens (tertiary/aromatic N) is 2. The number of phenolic OH excluding ortho intramolecular Hbond substituents is 1. The summed E-state index contributed by atoms with van der Waals surface area (Å²) >= 11 is 0. The molecule has 1 heterocycles. The lowest BCUT2D eigenvalue weighted by atomic mass is 10.1. The molecule has 0 bridgehead atoms. The summed E-state index contributed by atoms with van der Waals surface area (Å²) in [4.78, 5) is 0. The van der Waals surface area contributed by atoms with Gasteiger partial charge in [-0.2, -0.15) is 5.10 Å². The SMILES string of the molecule is CCOc1cc(CNC(C)c2cnn(-c3ccccc3)c2C)ccc1O. The first-order chi connectivity index (χ1) is 12.6. The molecule has 1 atom stereocenters. The molecule has 2 N–H and O–H groups in total. The summed E-state index contributed by atoms with van der Waals surface area (Å²) < 4.78 is 7.41. The molecule has 0 aliphatic rings. The fourth-order valence-electron chi connectivity index (χ4n) is 3.00. The number of aromatic hydroxyl groups is 1. The number of rotatable bonds is 7. The van der Waals surface area contributed by atoms with Gasteiger partial charge in [0.25, 0.3) is 0 Å². The van der Waals surface area contributed by atoms with Gasteiger partial charge in [0.15, 0.2) is 11.5 Å². The minimum atomic E-state index is 0.150. The Hall–Kier alpha value is -2.79. The summed E-state index contributed by atoms with van der Waals surface area (Å²) in [5.41, 5.74) is 4.41. The highest BCUT2D eigenvalue weighted by molar-refractivity contribution is 5.42. The average Bonchev–Trinajstić information content (AvgIpc) is 3.04. The van der Waals surface area contributed by atoms with Crippen molar-refractivity contribution in [2.75, 3.05) is 6.61 Å². The molecular formula is C21H25N3O2. The molecule has 0 saturated carbocycles. The van der Waals surface area contributed by atoms with Crippen LogP contribution < -0.4 is 10.1 Å². The fraction of sp³-hybridized carbons (Fsp3) is 0.286. The van der Waals surface area contributed by atoms with E-state index in [0.717, 1.165) is 22.5 Å². The van der Waals surface area contributed by atoms with Crippen molar-refractivity contribution in [1.82, 2.24) is 15.1 Å². The van der Waals surface area contributed by atoms with Crippen molar-refractivity contribution in [3.63, 3.8) is 0 Å². The Bertz CT molecular complexity index is 859. The Morgan fingerprint density at radius 3 is 2.69 bits per heavy atom.